The lowest BCUT2D eigenvalue weighted by Crippen LogP contribution is -2.18. The Balaban J connectivity index is 1.60. The third-order valence-electron chi connectivity index (χ3n) is 4.16. The summed E-state index contributed by atoms with van der Waals surface area (Å²) < 4.78 is 20.9. The summed E-state index contributed by atoms with van der Waals surface area (Å²) in [4.78, 5) is 8.85. The van der Waals surface area contributed by atoms with Crippen molar-refractivity contribution in [2.45, 2.75) is 32.2 Å². The van der Waals surface area contributed by atoms with Crippen LogP contribution in [0.2, 0.25) is 0 Å². The molecule has 0 N–H and O–H groups in total. The summed E-state index contributed by atoms with van der Waals surface area (Å²) >= 11 is 0. The average molecular weight is 298 g/mol. The number of benzene rings is 1. The first-order valence-electron chi connectivity index (χ1n) is 7.31. The van der Waals surface area contributed by atoms with Gasteiger partial charge in [-0.2, -0.15) is 4.98 Å². The summed E-state index contributed by atoms with van der Waals surface area (Å²) in [6.07, 6.45) is 5.56. The minimum absolute atomic E-state index is 0.192. The number of nitrogens with zero attached hydrogens (tertiary/aromatic N) is 4. The van der Waals surface area contributed by atoms with Gasteiger partial charge in [0.2, 0.25) is 11.7 Å². The molecule has 1 unspecified atom stereocenters. The van der Waals surface area contributed by atoms with Gasteiger partial charge in [-0.05, 0) is 37.1 Å². The van der Waals surface area contributed by atoms with Crippen molar-refractivity contribution in [1.29, 1.82) is 0 Å². The van der Waals surface area contributed by atoms with Crippen molar-refractivity contribution in [3.05, 3.63) is 53.7 Å². The first kappa shape index (κ1) is 13.2. The number of aryl methyl sites for hydroxylation is 2. The van der Waals surface area contributed by atoms with Gasteiger partial charge >= 0.3 is 0 Å². The molecule has 6 heteroatoms. The average Bonchev–Trinajstić information content (AvgIpc) is 3.17. The van der Waals surface area contributed by atoms with Crippen LogP contribution < -0.4 is 0 Å². The van der Waals surface area contributed by atoms with E-state index in [0.29, 0.717) is 17.3 Å². The first-order chi connectivity index (χ1) is 10.7. The molecule has 3 heterocycles. The number of rotatable bonds is 2. The smallest absolute Gasteiger partial charge is 0.230 e. The van der Waals surface area contributed by atoms with E-state index >= 15 is 0 Å². The Bertz CT molecular complexity index is 823. The molecule has 0 spiro atoms. The normalized spacial score (nSPS) is 17.5. The number of fused-ring (bicyclic) bond motifs is 1. The van der Waals surface area contributed by atoms with Crippen molar-refractivity contribution in [3.63, 3.8) is 0 Å². The Morgan fingerprint density at radius 2 is 2.27 bits per heavy atom. The summed E-state index contributed by atoms with van der Waals surface area (Å²) in [6.45, 7) is 2.63. The van der Waals surface area contributed by atoms with E-state index in [2.05, 4.69) is 19.7 Å². The maximum Gasteiger partial charge on any atom is 0.230 e. The van der Waals surface area contributed by atoms with Crippen LogP contribution in [0.4, 0.5) is 4.39 Å². The van der Waals surface area contributed by atoms with Gasteiger partial charge in [-0.15, -0.1) is 0 Å². The lowest BCUT2D eigenvalue weighted by Gasteiger charge is -2.19. The molecular weight excluding hydrogens is 283 g/mol. The Kier molecular flexibility index (Phi) is 3.03. The fourth-order valence-electron chi connectivity index (χ4n) is 2.86. The van der Waals surface area contributed by atoms with Gasteiger partial charge in [0.25, 0.3) is 0 Å². The topological polar surface area (TPSA) is 56.7 Å². The highest BCUT2D eigenvalue weighted by Gasteiger charge is 2.25. The zero-order chi connectivity index (χ0) is 15.1. The Hall–Kier alpha value is -2.50. The molecule has 1 atom stereocenters. The van der Waals surface area contributed by atoms with Crippen molar-refractivity contribution in [3.8, 4) is 11.4 Å². The maximum atomic E-state index is 13.3. The molecule has 1 aromatic carbocycles. The third-order valence-corrected chi connectivity index (χ3v) is 4.16. The van der Waals surface area contributed by atoms with Crippen LogP contribution in [0, 0.1) is 12.7 Å². The molecule has 1 aliphatic rings. The van der Waals surface area contributed by atoms with Crippen molar-refractivity contribution in [2.75, 3.05) is 0 Å². The Labute approximate surface area is 126 Å². The molecule has 0 aliphatic carbocycles. The summed E-state index contributed by atoms with van der Waals surface area (Å²) in [5.74, 6) is 2.15. The number of halogens is 1. The van der Waals surface area contributed by atoms with Crippen LogP contribution >= 0.6 is 0 Å². The second-order valence-corrected chi connectivity index (χ2v) is 5.65. The molecule has 0 saturated heterocycles. The van der Waals surface area contributed by atoms with E-state index in [1.165, 1.54) is 6.07 Å². The van der Waals surface area contributed by atoms with E-state index in [4.69, 9.17) is 4.52 Å². The van der Waals surface area contributed by atoms with Crippen LogP contribution in [0.3, 0.4) is 0 Å². The minimum atomic E-state index is -0.230. The first-order valence-corrected chi connectivity index (χ1v) is 7.31. The van der Waals surface area contributed by atoms with Crippen molar-refractivity contribution in [2.24, 2.45) is 0 Å². The highest BCUT2D eigenvalue weighted by Crippen LogP contribution is 2.29. The van der Waals surface area contributed by atoms with Crippen LogP contribution in [-0.4, -0.2) is 19.7 Å². The lowest BCUT2D eigenvalue weighted by molar-refractivity contribution is 0.323. The maximum absolute atomic E-state index is 13.3. The van der Waals surface area contributed by atoms with Gasteiger partial charge in [-0.1, -0.05) is 5.16 Å². The standard InChI is InChI=1S/C16H15FN4O/c1-10-8-11(2-3-13(10)17)15-19-16(22-20-15)12-4-6-21-7-5-18-14(21)9-12/h2-3,5,7-8,12H,4,6,9H2,1H3. The second kappa shape index (κ2) is 5.05. The predicted molar refractivity (Wildman–Crippen MR) is 77.7 cm³/mol. The van der Waals surface area contributed by atoms with Crippen molar-refractivity contribution >= 4 is 0 Å². The molecule has 1 aliphatic heterocycles. The molecule has 3 aromatic rings. The molecule has 112 valence electrons. The van der Waals surface area contributed by atoms with Gasteiger partial charge in [-0.25, -0.2) is 9.37 Å². The van der Waals surface area contributed by atoms with E-state index in [-0.39, 0.29) is 11.7 Å². The summed E-state index contributed by atoms with van der Waals surface area (Å²) in [5, 5.41) is 4.04. The molecule has 22 heavy (non-hydrogen) atoms. The monoisotopic (exact) mass is 298 g/mol. The highest BCUT2D eigenvalue weighted by molar-refractivity contribution is 5.55. The SMILES string of the molecule is Cc1cc(-c2noc(C3CCn4ccnc4C3)n2)ccc1F. The minimum Gasteiger partial charge on any atom is -0.339 e. The molecule has 0 amide bonds. The number of imidazole rings is 1. The number of hydrogen-bond acceptors (Lipinski definition) is 4. The molecule has 4 rings (SSSR count). The summed E-state index contributed by atoms with van der Waals surface area (Å²) in [6, 6.07) is 4.83. The fraction of sp³-hybridized carbons (Fsp3) is 0.312. The van der Waals surface area contributed by atoms with Crippen LogP contribution in [0.15, 0.2) is 35.1 Å². The van der Waals surface area contributed by atoms with Crippen molar-refractivity contribution in [1.82, 2.24) is 19.7 Å². The lowest BCUT2D eigenvalue weighted by atomic mass is 9.98. The van der Waals surface area contributed by atoms with Crippen LogP contribution in [-0.2, 0) is 13.0 Å². The summed E-state index contributed by atoms with van der Waals surface area (Å²) in [5.41, 5.74) is 1.34. The Morgan fingerprint density at radius 1 is 1.36 bits per heavy atom. The van der Waals surface area contributed by atoms with Gasteiger partial charge < -0.3 is 9.09 Å². The van der Waals surface area contributed by atoms with Gasteiger partial charge in [0.05, 0.1) is 0 Å². The van der Waals surface area contributed by atoms with E-state index in [1.54, 1.807) is 19.1 Å². The molecule has 2 aromatic heterocycles. The zero-order valence-corrected chi connectivity index (χ0v) is 12.2. The van der Waals surface area contributed by atoms with Gasteiger partial charge in [0, 0.05) is 36.8 Å². The predicted octanol–water partition coefficient (Wildman–Crippen LogP) is 3.11. The zero-order valence-electron chi connectivity index (χ0n) is 12.2. The number of hydrogen-bond donors (Lipinski definition) is 0. The largest absolute Gasteiger partial charge is 0.339 e. The van der Waals surface area contributed by atoms with Crippen LogP contribution in [0.25, 0.3) is 11.4 Å². The van der Waals surface area contributed by atoms with Gasteiger partial charge in [0.1, 0.15) is 11.6 Å². The third kappa shape index (κ3) is 2.20. The molecule has 5 nitrogen and oxygen atoms in total. The van der Waals surface area contributed by atoms with Crippen LogP contribution in [0.1, 0.15) is 29.6 Å². The van der Waals surface area contributed by atoms with Crippen molar-refractivity contribution < 1.29 is 8.91 Å². The Morgan fingerprint density at radius 3 is 3.14 bits per heavy atom. The van der Waals surface area contributed by atoms with Gasteiger partial charge in [0.15, 0.2) is 0 Å². The van der Waals surface area contributed by atoms with Crippen LogP contribution in [0.5, 0.6) is 0 Å². The molecule has 0 saturated carbocycles. The molecule has 0 fully saturated rings. The van der Waals surface area contributed by atoms with E-state index in [1.807, 2.05) is 12.4 Å². The van der Waals surface area contributed by atoms with E-state index in [0.717, 1.165) is 30.8 Å². The fourth-order valence-corrected chi connectivity index (χ4v) is 2.86. The molecular formula is C16H15FN4O. The molecule has 0 bridgehead atoms. The number of aromatic nitrogens is 4. The van der Waals surface area contributed by atoms with Gasteiger partial charge in [-0.3, -0.25) is 0 Å². The van der Waals surface area contributed by atoms with E-state index in [9.17, 15) is 4.39 Å². The quantitative estimate of drug-likeness (QED) is 0.729. The molecule has 0 radical (unpaired) electrons. The summed E-state index contributed by atoms with van der Waals surface area (Å²) in [7, 11) is 0. The highest BCUT2D eigenvalue weighted by atomic mass is 19.1. The second-order valence-electron chi connectivity index (χ2n) is 5.65. The van der Waals surface area contributed by atoms with E-state index < -0.39 is 0 Å².